The maximum absolute atomic E-state index is 6.18. The van der Waals surface area contributed by atoms with E-state index >= 15 is 0 Å². The van der Waals surface area contributed by atoms with Crippen LogP contribution in [0.25, 0.3) is 0 Å². The molecule has 1 atom stereocenters. The van der Waals surface area contributed by atoms with Crippen LogP contribution in [-0.4, -0.2) is 4.57 Å². The summed E-state index contributed by atoms with van der Waals surface area (Å²) in [5, 5.41) is 0. The fourth-order valence-corrected chi connectivity index (χ4v) is 3.42. The summed E-state index contributed by atoms with van der Waals surface area (Å²) >= 11 is 0. The van der Waals surface area contributed by atoms with Gasteiger partial charge in [-0.25, -0.2) is 0 Å². The van der Waals surface area contributed by atoms with Crippen LogP contribution >= 0.6 is 0 Å². The van der Waals surface area contributed by atoms with Crippen LogP contribution < -0.4 is 5.73 Å². The van der Waals surface area contributed by atoms with Gasteiger partial charge in [0, 0.05) is 24.5 Å². The summed E-state index contributed by atoms with van der Waals surface area (Å²) in [6.45, 7) is 3.47. The lowest BCUT2D eigenvalue weighted by molar-refractivity contribution is 0.511. The first kappa shape index (κ1) is 15.6. The topological polar surface area (TPSA) is 30.9 Å². The molecule has 0 saturated heterocycles. The number of rotatable bonds is 9. The number of fused-ring (bicyclic) bond motifs is 1. The molecule has 20 heavy (non-hydrogen) atoms. The van der Waals surface area contributed by atoms with Crippen LogP contribution in [0.3, 0.4) is 0 Å². The van der Waals surface area contributed by atoms with Crippen molar-refractivity contribution in [1.29, 1.82) is 0 Å². The third-order valence-corrected chi connectivity index (χ3v) is 4.69. The second kappa shape index (κ2) is 8.51. The van der Waals surface area contributed by atoms with Crippen LogP contribution in [0.1, 0.15) is 88.4 Å². The molecule has 1 aliphatic carbocycles. The third-order valence-electron chi connectivity index (χ3n) is 4.69. The first-order valence-electron chi connectivity index (χ1n) is 8.76. The number of nitrogens with zero attached hydrogens (tertiary/aromatic N) is 1. The van der Waals surface area contributed by atoms with Crippen LogP contribution in [0, 0.1) is 0 Å². The van der Waals surface area contributed by atoms with Crippen molar-refractivity contribution in [3.05, 3.63) is 23.5 Å². The summed E-state index contributed by atoms with van der Waals surface area (Å²) in [6, 6.07) is 2.54. The zero-order valence-corrected chi connectivity index (χ0v) is 13.2. The predicted molar refractivity (Wildman–Crippen MR) is 86.9 cm³/mol. The van der Waals surface area contributed by atoms with E-state index in [1.165, 1.54) is 82.0 Å². The molecule has 1 unspecified atom stereocenters. The van der Waals surface area contributed by atoms with Crippen LogP contribution in [0.5, 0.6) is 0 Å². The quantitative estimate of drug-likeness (QED) is 0.635. The van der Waals surface area contributed by atoms with Gasteiger partial charge in [0.25, 0.3) is 0 Å². The molecular formula is C18H32N2. The standard InChI is InChI=1S/C18H32N2/c1-2-3-4-5-6-7-8-9-14-20-15-13-16-17(19)11-10-12-18(16)20/h13,15,17H,2-12,14,19H2,1H3. The molecule has 1 aromatic rings. The predicted octanol–water partition coefficient (Wildman–Crippen LogP) is 4.96. The Morgan fingerprint density at radius 3 is 2.55 bits per heavy atom. The molecule has 2 N–H and O–H groups in total. The van der Waals surface area contributed by atoms with Crippen LogP contribution in [0.4, 0.5) is 0 Å². The van der Waals surface area contributed by atoms with E-state index in [9.17, 15) is 0 Å². The first-order chi connectivity index (χ1) is 9.83. The number of unbranched alkanes of at least 4 members (excludes halogenated alkanes) is 7. The molecule has 1 heterocycles. The van der Waals surface area contributed by atoms with E-state index in [-0.39, 0.29) is 0 Å². The number of aryl methyl sites for hydroxylation is 1. The van der Waals surface area contributed by atoms with E-state index in [4.69, 9.17) is 5.73 Å². The maximum atomic E-state index is 6.18. The second-order valence-electron chi connectivity index (χ2n) is 6.38. The molecular weight excluding hydrogens is 244 g/mol. The lowest BCUT2D eigenvalue weighted by Crippen LogP contribution is -2.18. The van der Waals surface area contributed by atoms with Crippen LogP contribution in [0.15, 0.2) is 12.3 Å². The molecule has 114 valence electrons. The fourth-order valence-electron chi connectivity index (χ4n) is 3.42. The van der Waals surface area contributed by atoms with Gasteiger partial charge in [0.2, 0.25) is 0 Å². The Morgan fingerprint density at radius 1 is 1.10 bits per heavy atom. The Morgan fingerprint density at radius 2 is 1.80 bits per heavy atom. The van der Waals surface area contributed by atoms with E-state index in [1.54, 1.807) is 0 Å². The molecule has 0 bridgehead atoms. The minimum absolute atomic E-state index is 0.290. The number of hydrogen-bond donors (Lipinski definition) is 1. The first-order valence-corrected chi connectivity index (χ1v) is 8.76. The summed E-state index contributed by atoms with van der Waals surface area (Å²) in [4.78, 5) is 0. The van der Waals surface area contributed by atoms with Crippen molar-refractivity contribution in [2.45, 2.75) is 90.1 Å². The normalized spacial score (nSPS) is 18.2. The van der Waals surface area contributed by atoms with E-state index < -0.39 is 0 Å². The number of aromatic nitrogens is 1. The maximum Gasteiger partial charge on any atom is 0.0312 e. The van der Waals surface area contributed by atoms with Gasteiger partial charge in [-0.05, 0) is 37.3 Å². The fraction of sp³-hybridized carbons (Fsp3) is 0.778. The van der Waals surface area contributed by atoms with E-state index in [0.29, 0.717) is 6.04 Å². The average molecular weight is 276 g/mol. The molecule has 2 nitrogen and oxygen atoms in total. The largest absolute Gasteiger partial charge is 0.351 e. The second-order valence-corrected chi connectivity index (χ2v) is 6.38. The van der Waals surface area contributed by atoms with Crippen molar-refractivity contribution in [2.24, 2.45) is 5.73 Å². The van der Waals surface area contributed by atoms with Crippen molar-refractivity contribution in [2.75, 3.05) is 0 Å². The van der Waals surface area contributed by atoms with Crippen molar-refractivity contribution < 1.29 is 0 Å². The highest BCUT2D eigenvalue weighted by Crippen LogP contribution is 2.29. The van der Waals surface area contributed by atoms with Gasteiger partial charge in [0.1, 0.15) is 0 Å². The summed E-state index contributed by atoms with van der Waals surface area (Å²) in [5.74, 6) is 0. The summed E-state index contributed by atoms with van der Waals surface area (Å²) in [5.41, 5.74) is 9.11. The number of nitrogens with two attached hydrogens (primary N) is 1. The zero-order valence-electron chi connectivity index (χ0n) is 13.2. The Hall–Kier alpha value is -0.760. The van der Waals surface area contributed by atoms with E-state index in [1.807, 2.05) is 0 Å². The molecule has 0 amide bonds. The van der Waals surface area contributed by atoms with E-state index in [2.05, 4.69) is 23.8 Å². The molecule has 0 spiro atoms. The summed E-state index contributed by atoms with van der Waals surface area (Å²) in [7, 11) is 0. The van der Waals surface area contributed by atoms with Crippen LogP contribution in [-0.2, 0) is 13.0 Å². The Labute approximate surface area is 124 Å². The lowest BCUT2D eigenvalue weighted by Gasteiger charge is -2.21. The highest BCUT2D eigenvalue weighted by atomic mass is 15.0. The molecule has 0 aliphatic heterocycles. The van der Waals surface area contributed by atoms with Gasteiger partial charge in [0.05, 0.1) is 0 Å². The average Bonchev–Trinajstić information content (AvgIpc) is 2.87. The SMILES string of the molecule is CCCCCCCCCCn1ccc2c1CCCC2N. The molecule has 2 rings (SSSR count). The molecule has 1 aliphatic rings. The Kier molecular flexibility index (Phi) is 6.65. The van der Waals surface area contributed by atoms with E-state index in [0.717, 1.165) is 6.42 Å². The highest BCUT2D eigenvalue weighted by Gasteiger charge is 2.19. The summed E-state index contributed by atoms with van der Waals surface area (Å²) in [6.07, 6.45) is 17.1. The Balaban J connectivity index is 1.63. The molecule has 2 heteroatoms. The van der Waals surface area contributed by atoms with Gasteiger partial charge in [0.15, 0.2) is 0 Å². The molecule has 0 radical (unpaired) electrons. The summed E-state index contributed by atoms with van der Waals surface area (Å²) < 4.78 is 2.46. The van der Waals surface area contributed by atoms with Gasteiger partial charge in [-0.2, -0.15) is 0 Å². The van der Waals surface area contributed by atoms with Gasteiger partial charge in [-0.3, -0.25) is 0 Å². The van der Waals surface area contributed by atoms with Gasteiger partial charge in [-0.1, -0.05) is 51.9 Å². The van der Waals surface area contributed by atoms with Crippen LogP contribution in [0.2, 0.25) is 0 Å². The number of hydrogen-bond acceptors (Lipinski definition) is 1. The van der Waals surface area contributed by atoms with Gasteiger partial charge < -0.3 is 10.3 Å². The van der Waals surface area contributed by atoms with Crippen molar-refractivity contribution in [3.8, 4) is 0 Å². The molecule has 1 aromatic heterocycles. The minimum Gasteiger partial charge on any atom is -0.351 e. The third kappa shape index (κ3) is 4.37. The molecule has 0 saturated carbocycles. The Bertz CT molecular complexity index is 381. The lowest BCUT2D eigenvalue weighted by atomic mass is 9.93. The molecule has 0 fully saturated rings. The van der Waals surface area contributed by atoms with Crippen molar-refractivity contribution in [1.82, 2.24) is 4.57 Å². The van der Waals surface area contributed by atoms with Gasteiger partial charge >= 0.3 is 0 Å². The minimum atomic E-state index is 0.290. The monoisotopic (exact) mass is 276 g/mol. The van der Waals surface area contributed by atoms with Crippen molar-refractivity contribution in [3.63, 3.8) is 0 Å². The van der Waals surface area contributed by atoms with Crippen molar-refractivity contribution >= 4 is 0 Å². The molecule has 0 aromatic carbocycles. The zero-order chi connectivity index (χ0) is 14.2. The highest BCUT2D eigenvalue weighted by molar-refractivity contribution is 5.28. The smallest absolute Gasteiger partial charge is 0.0312 e. The van der Waals surface area contributed by atoms with Gasteiger partial charge in [-0.15, -0.1) is 0 Å².